The molecule has 4 aromatic carbocycles. The second kappa shape index (κ2) is 12.3. The fourth-order valence-corrected chi connectivity index (χ4v) is 5.06. The highest BCUT2D eigenvalue weighted by molar-refractivity contribution is 6.11. The molecular weight excluding hydrogens is 582 g/mol. The molecule has 0 radical (unpaired) electrons. The minimum absolute atomic E-state index is 0.211. The molecule has 0 atom stereocenters. The molecule has 0 saturated carbocycles. The van der Waals surface area contributed by atoms with Gasteiger partial charge in [0.25, 0.3) is 11.5 Å². The van der Waals surface area contributed by atoms with Gasteiger partial charge in [0, 0.05) is 40.2 Å². The molecule has 0 bridgehead atoms. The van der Waals surface area contributed by atoms with E-state index in [2.05, 4.69) is 20.6 Å². The fraction of sp³-hybridized carbons (Fsp3) is 0.0588. The molecule has 2 aromatic heterocycles. The van der Waals surface area contributed by atoms with Gasteiger partial charge in [0.05, 0.1) is 17.9 Å². The third kappa shape index (κ3) is 5.91. The maximum atomic E-state index is 13.9. The first-order chi connectivity index (χ1) is 21.8. The highest BCUT2D eigenvalue weighted by atomic mass is 19.2. The van der Waals surface area contributed by atoms with Crippen LogP contribution in [0.1, 0.15) is 26.3 Å². The number of hydrogen-bond donors (Lipinski definition) is 4. The number of carboxylic acids is 1. The van der Waals surface area contributed by atoms with Crippen molar-refractivity contribution in [3.63, 3.8) is 0 Å². The van der Waals surface area contributed by atoms with E-state index in [0.717, 1.165) is 34.5 Å². The SMILES string of the molecule is O=C(Nc1ccc(Nc2ccnc3[nH]c(=O)c4ccccc4c23)cc1)c1cccc(F)c1F.O=C(O)c1cccc2c1OCC2. The summed E-state index contributed by atoms with van der Waals surface area (Å²) in [4.78, 5) is 42.4. The van der Waals surface area contributed by atoms with Gasteiger partial charge in [-0.3, -0.25) is 9.59 Å². The summed E-state index contributed by atoms with van der Waals surface area (Å²) < 4.78 is 32.4. The third-order valence-electron chi connectivity index (χ3n) is 7.19. The van der Waals surface area contributed by atoms with Gasteiger partial charge in [-0.05, 0) is 60.2 Å². The average Bonchev–Trinajstić information content (AvgIpc) is 3.53. The number of halogens is 2. The summed E-state index contributed by atoms with van der Waals surface area (Å²) in [6.45, 7) is 0.597. The number of H-pyrrole nitrogens is 1. The number of anilines is 3. The molecule has 1 aliphatic rings. The first kappa shape index (κ1) is 29.0. The van der Waals surface area contributed by atoms with Gasteiger partial charge in [-0.1, -0.05) is 36.4 Å². The number of nitrogens with one attached hydrogen (secondary N) is 3. The fourth-order valence-electron chi connectivity index (χ4n) is 5.06. The number of nitrogens with zero attached hydrogens (tertiary/aromatic N) is 1. The van der Waals surface area contributed by atoms with Crippen LogP contribution in [0.2, 0.25) is 0 Å². The molecule has 9 nitrogen and oxygen atoms in total. The molecule has 6 aromatic rings. The summed E-state index contributed by atoms with van der Waals surface area (Å²) >= 11 is 0. The summed E-state index contributed by atoms with van der Waals surface area (Å²) in [5, 5.41) is 16.7. The number of benzene rings is 4. The smallest absolute Gasteiger partial charge is 0.339 e. The van der Waals surface area contributed by atoms with Gasteiger partial charge in [-0.2, -0.15) is 0 Å². The van der Waals surface area contributed by atoms with Crippen LogP contribution in [0, 0.1) is 11.6 Å². The number of para-hydroxylation sites is 1. The number of aromatic nitrogens is 2. The molecule has 0 saturated heterocycles. The highest BCUT2D eigenvalue weighted by Crippen LogP contribution is 2.30. The number of carbonyl (C=O) groups is 2. The summed E-state index contributed by atoms with van der Waals surface area (Å²) in [5.41, 5.74) is 3.02. The lowest BCUT2D eigenvalue weighted by Crippen LogP contribution is -2.14. The van der Waals surface area contributed by atoms with E-state index in [1.165, 1.54) is 12.1 Å². The molecule has 7 rings (SSSR count). The van der Waals surface area contributed by atoms with E-state index in [0.29, 0.717) is 34.8 Å². The summed E-state index contributed by atoms with van der Waals surface area (Å²) in [7, 11) is 0. The number of carbonyl (C=O) groups excluding carboxylic acids is 1. The molecule has 3 heterocycles. The number of aromatic amines is 1. The van der Waals surface area contributed by atoms with Crippen molar-refractivity contribution in [2.24, 2.45) is 0 Å². The van der Waals surface area contributed by atoms with Gasteiger partial charge >= 0.3 is 5.97 Å². The molecule has 1 aliphatic heterocycles. The number of ether oxygens (including phenoxy) is 1. The Morgan fingerprint density at radius 3 is 2.33 bits per heavy atom. The van der Waals surface area contributed by atoms with E-state index in [1.807, 2.05) is 18.2 Å². The number of aromatic carboxylic acids is 1. The van der Waals surface area contributed by atoms with E-state index in [9.17, 15) is 23.2 Å². The number of rotatable bonds is 5. The quantitative estimate of drug-likeness (QED) is 0.161. The molecule has 11 heteroatoms. The minimum Gasteiger partial charge on any atom is -0.492 e. The van der Waals surface area contributed by atoms with E-state index >= 15 is 0 Å². The lowest BCUT2D eigenvalue weighted by molar-refractivity contribution is 0.0693. The van der Waals surface area contributed by atoms with E-state index in [1.54, 1.807) is 60.8 Å². The van der Waals surface area contributed by atoms with Gasteiger partial charge < -0.3 is 25.5 Å². The van der Waals surface area contributed by atoms with Crippen LogP contribution in [0.4, 0.5) is 25.8 Å². The predicted octanol–water partition coefficient (Wildman–Crippen LogP) is 6.67. The Balaban J connectivity index is 0.000000248. The zero-order valence-electron chi connectivity index (χ0n) is 23.4. The van der Waals surface area contributed by atoms with Crippen molar-refractivity contribution in [1.29, 1.82) is 0 Å². The van der Waals surface area contributed by atoms with Crippen molar-refractivity contribution in [2.45, 2.75) is 6.42 Å². The topological polar surface area (TPSA) is 133 Å². The van der Waals surface area contributed by atoms with Crippen LogP contribution in [0.15, 0.2) is 102 Å². The van der Waals surface area contributed by atoms with Gasteiger partial charge in [0.1, 0.15) is 17.0 Å². The zero-order valence-corrected chi connectivity index (χ0v) is 23.4. The van der Waals surface area contributed by atoms with Gasteiger partial charge in [-0.15, -0.1) is 0 Å². The Kier molecular flexibility index (Phi) is 7.89. The normalized spacial score (nSPS) is 11.7. The number of carboxylic acid groups (broad SMARTS) is 1. The van der Waals surface area contributed by atoms with Gasteiger partial charge in [0.15, 0.2) is 11.6 Å². The first-order valence-corrected chi connectivity index (χ1v) is 13.8. The highest BCUT2D eigenvalue weighted by Gasteiger charge is 2.19. The van der Waals surface area contributed by atoms with Crippen LogP contribution in [-0.2, 0) is 6.42 Å². The van der Waals surface area contributed by atoms with Crippen molar-refractivity contribution in [3.05, 3.63) is 136 Å². The number of hydrogen-bond acceptors (Lipinski definition) is 6. The Morgan fingerprint density at radius 1 is 0.844 bits per heavy atom. The summed E-state index contributed by atoms with van der Waals surface area (Å²) in [5.74, 6) is -3.40. The van der Waals surface area contributed by atoms with Crippen molar-refractivity contribution in [2.75, 3.05) is 17.2 Å². The van der Waals surface area contributed by atoms with Gasteiger partial charge in [0.2, 0.25) is 0 Å². The zero-order chi connectivity index (χ0) is 31.5. The van der Waals surface area contributed by atoms with Crippen molar-refractivity contribution >= 4 is 50.7 Å². The molecule has 0 aliphatic carbocycles. The molecule has 224 valence electrons. The lowest BCUT2D eigenvalue weighted by Gasteiger charge is -2.12. The van der Waals surface area contributed by atoms with E-state index in [-0.39, 0.29) is 16.7 Å². The Morgan fingerprint density at radius 2 is 1.56 bits per heavy atom. The van der Waals surface area contributed by atoms with Crippen LogP contribution >= 0.6 is 0 Å². The minimum atomic E-state index is -1.19. The van der Waals surface area contributed by atoms with Gasteiger partial charge in [-0.25, -0.2) is 18.6 Å². The lowest BCUT2D eigenvalue weighted by atomic mass is 10.1. The van der Waals surface area contributed by atoms with Crippen LogP contribution in [0.3, 0.4) is 0 Å². The largest absolute Gasteiger partial charge is 0.492 e. The molecule has 0 spiro atoms. The number of fused-ring (bicyclic) bond motifs is 4. The Bertz CT molecular complexity index is 2150. The Hall–Kier alpha value is -6.10. The number of pyridine rings is 2. The molecule has 1 amide bonds. The molecular formula is C34H24F2N4O5. The predicted molar refractivity (Wildman–Crippen MR) is 167 cm³/mol. The van der Waals surface area contributed by atoms with Crippen LogP contribution in [0.5, 0.6) is 5.75 Å². The standard InChI is InChI=1S/C25H16F2N4O2.C9H8O3/c26-19-7-3-6-18(22(19)27)25(33)30-15-10-8-14(9-11-15)29-20-12-13-28-23-21(20)16-4-1-2-5-17(16)24(32)31-23;10-9(11)7-3-1-2-6-4-5-12-8(6)7/h1-13H,(H,30,33)(H2,28,29,31,32);1-3H,4-5H2,(H,10,11). The maximum Gasteiger partial charge on any atom is 0.339 e. The second-order valence-corrected chi connectivity index (χ2v) is 10.0. The number of amides is 1. The van der Waals surface area contributed by atoms with Crippen molar-refractivity contribution < 1.29 is 28.2 Å². The second-order valence-electron chi connectivity index (χ2n) is 10.0. The van der Waals surface area contributed by atoms with E-state index in [4.69, 9.17) is 9.84 Å². The first-order valence-electron chi connectivity index (χ1n) is 13.8. The average molecular weight is 607 g/mol. The van der Waals surface area contributed by atoms with E-state index < -0.39 is 23.5 Å². The molecule has 0 unspecified atom stereocenters. The molecule has 45 heavy (non-hydrogen) atoms. The van der Waals surface area contributed by atoms with Crippen molar-refractivity contribution in [1.82, 2.24) is 9.97 Å². The van der Waals surface area contributed by atoms with Crippen LogP contribution in [-0.4, -0.2) is 33.6 Å². The third-order valence-corrected chi connectivity index (χ3v) is 7.19. The monoisotopic (exact) mass is 606 g/mol. The summed E-state index contributed by atoms with van der Waals surface area (Å²) in [6, 6.07) is 24.5. The molecule has 4 N–H and O–H groups in total. The van der Waals surface area contributed by atoms with Crippen LogP contribution < -0.4 is 20.9 Å². The summed E-state index contributed by atoms with van der Waals surface area (Å²) in [6.07, 6.45) is 2.41. The Labute approximate surface area is 254 Å². The van der Waals surface area contributed by atoms with Crippen LogP contribution in [0.25, 0.3) is 21.8 Å². The maximum absolute atomic E-state index is 13.9. The van der Waals surface area contributed by atoms with Crippen molar-refractivity contribution in [3.8, 4) is 5.75 Å². The molecule has 0 fully saturated rings.